The zero-order chi connectivity index (χ0) is 19.1. The van der Waals surface area contributed by atoms with Gasteiger partial charge in [-0.25, -0.2) is 0 Å². The van der Waals surface area contributed by atoms with Crippen molar-refractivity contribution in [2.75, 3.05) is 12.4 Å². The number of nitro groups is 1. The zero-order valence-electron chi connectivity index (χ0n) is 15.8. The van der Waals surface area contributed by atoms with Crippen LogP contribution in [0.5, 0.6) is 5.75 Å². The van der Waals surface area contributed by atoms with E-state index in [0.717, 1.165) is 29.8 Å². The van der Waals surface area contributed by atoms with E-state index in [1.54, 1.807) is 7.11 Å². The Morgan fingerprint density at radius 1 is 1.07 bits per heavy atom. The van der Waals surface area contributed by atoms with Gasteiger partial charge in [0.05, 0.1) is 7.11 Å². The number of hydrogen-bond acceptors (Lipinski definition) is 4. The van der Waals surface area contributed by atoms with Crippen LogP contribution in [0.2, 0.25) is 0 Å². The van der Waals surface area contributed by atoms with Gasteiger partial charge < -0.3 is 10.1 Å². The Morgan fingerprint density at radius 2 is 1.74 bits per heavy atom. The Hall–Kier alpha value is -2.56. The van der Waals surface area contributed by atoms with Gasteiger partial charge in [0.1, 0.15) is 11.8 Å². The van der Waals surface area contributed by atoms with Crippen LogP contribution < -0.4 is 10.1 Å². The van der Waals surface area contributed by atoms with Crippen molar-refractivity contribution in [3.8, 4) is 5.75 Å². The molecule has 2 aromatic rings. The molecule has 0 unspecified atom stereocenters. The zero-order valence-corrected chi connectivity index (χ0v) is 15.8. The van der Waals surface area contributed by atoms with Gasteiger partial charge in [0.15, 0.2) is 0 Å². The minimum absolute atomic E-state index is 0.0944. The minimum Gasteiger partial charge on any atom is -0.497 e. The fraction of sp³-hybridized carbons (Fsp3) is 0.455. The minimum atomic E-state index is -0.655. The third-order valence-electron chi connectivity index (χ3n) is 5.53. The number of nitrogens with one attached hydrogen (secondary N) is 1. The molecule has 0 spiro atoms. The average Bonchev–Trinajstić information content (AvgIpc) is 2.72. The van der Waals surface area contributed by atoms with Crippen LogP contribution in [0.25, 0.3) is 0 Å². The van der Waals surface area contributed by atoms with E-state index in [9.17, 15) is 10.1 Å². The summed E-state index contributed by atoms with van der Waals surface area (Å²) in [6.45, 7) is 0. The van der Waals surface area contributed by atoms with Crippen LogP contribution in [0.1, 0.15) is 50.1 Å². The molecule has 3 rings (SSSR count). The van der Waals surface area contributed by atoms with Crippen molar-refractivity contribution in [3.05, 3.63) is 70.3 Å². The quantitative estimate of drug-likeness (QED) is 0.496. The monoisotopic (exact) mass is 368 g/mol. The van der Waals surface area contributed by atoms with E-state index in [1.807, 2.05) is 54.6 Å². The molecule has 0 radical (unpaired) electrons. The van der Waals surface area contributed by atoms with Crippen molar-refractivity contribution in [2.45, 2.75) is 50.6 Å². The first kappa shape index (κ1) is 19.2. The van der Waals surface area contributed by atoms with Crippen molar-refractivity contribution in [1.82, 2.24) is 0 Å². The molecule has 2 aromatic carbocycles. The van der Waals surface area contributed by atoms with Gasteiger partial charge in [-0.3, -0.25) is 10.1 Å². The molecule has 144 valence electrons. The maximum atomic E-state index is 12.0. The van der Waals surface area contributed by atoms with E-state index in [1.165, 1.54) is 19.3 Å². The van der Waals surface area contributed by atoms with Crippen LogP contribution in [0.3, 0.4) is 0 Å². The Morgan fingerprint density at radius 3 is 2.33 bits per heavy atom. The molecular weight excluding hydrogens is 340 g/mol. The highest BCUT2D eigenvalue weighted by atomic mass is 16.6. The number of hydrogen-bond donors (Lipinski definition) is 1. The van der Waals surface area contributed by atoms with Crippen molar-refractivity contribution in [3.63, 3.8) is 0 Å². The van der Waals surface area contributed by atoms with Crippen LogP contribution in [-0.4, -0.2) is 18.1 Å². The highest BCUT2D eigenvalue weighted by Crippen LogP contribution is 2.34. The molecule has 0 aliphatic heterocycles. The van der Waals surface area contributed by atoms with E-state index in [0.29, 0.717) is 12.3 Å². The van der Waals surface area contributed by atoms with Gasteiger partial charge in [-0.15, -0.1) is 0 Å². The lowest BCUT2D eigenvalue weighted by molar-refractivity contribution is -0.528. The highest BCUT2D eigenvalue weighted by Gasteiger charge is 2.35. The summed E-state index contributed by atoms with van der Waals surface area (Å²) in [4.78, 5) is 11.9. The third-order valence-corrected chi connectivity index (χ3v) is 5.53. The maximum Gasteiger partial charge on any atom is 0.237 e. The van der Waals surface area contributed by atoms with Crippen LogP contribution in [0.15, 0.2) is 54.6 Å². The normalized spacial score (nSPS) is 17.1. The number of anilines is 1. The lowest BCUT2D eigenvalue weighted by atomic mass is 9.82. The fourth-order valence-corrected chi connectivity index (χ4v) is 4.04. The standard InChI is InChI=1S/C22H28N2O3/c1-27-20-14-12-19(13-15-20)23-22(18-10-6-3-7-11-18)21(24(25)26)16-17-8-4-2-5-9-17/h3,6-7,10-15,17,21-23H,2,4-5,8-9,16H2,1H3/t21-,22+/m1/s1. The van der Waals surface area contributed by atoms with Gasteiger partial charge in [-0.1, -0.05) is 62.4 Å². The molecule has 5 nitrogen and oxygen atoms in total. The first-order valence-corrected chi connectivity index (χ1v) is 9.76. The number of ether oxygens (including phenoxy) is 1. The molecular formula is C22H28N2O3. The van der Waals surface area contributed by atoms with Crippen LogP contribution >= 0.6 is 0 Å². The number of rotatable bonds is 8. The van der Waals surface area contributed by atoms with Gasteiger partial charge in [-0.05, 0) is 35.7 Å². The second kappa shape index (κ2) is 9.40. The number of methoxy groups -OCH3 is 1. The fourth-order valence-electron chi connectivity index (χ4n) is 4.04. The molecule has 0 heterocycles. The Bertz CT molecular complexity index is 712. The van der Waals surface area contributed by atoms with Crippen LogP contribution in [0, 0.1) is 16.0 Å². The second-order valence-electron chi connectivity index (χ2n) is 7.35. The molecule has 1 N–H and O–H groups in total. The van der Waals surface area contributed by atoms with E-state index in [2.05, 4.69) is 5.32 Å². The molecule has 2 atom stereocenters. The Labute approximate surface area is 160 Å². The maximum absolute atomic E-state index is 12.0. The molecule has 5 heteroatoms. The summed E-state index contributed by atoms with van der Waals surface area (Å²) in [6, 6.07) is 16.3. The molecule has 0 amide bonds. The van der Waals surface area contributed by atoms with E-state index >= 15 is 0 Å². The molecule has 1 saturated carbocycles. The molecule has 1 aliphatic rings. The second-order valence-corrected chi connectivity index (χ2v) is 7.35. The van der Waals surface area contributed by atoms with Crippen LogP contribution in [0.4, 0.5) is 5.69 Å². The third kappa shape index (κ3) is 5.22. The molecule has 0 aromatic heterocycles. The largest absolute Gasteiger partial charge is 0.497 e. The van der Waals surface area contributed by atoms with Crippen molar-refractivity contribution >= 4 is 5.69 Å². The van der Waals surface area contributed by atoms with E-state index < -0.39 is 6.04 Å². The highest BCUT2D eigenvalue weighted by molar-refractivity contribution is 5.48. The van der Waals surface area contributed by atoms with E-state index in [-0.39, 0.29) is 11.0 Å². The molecule has 1 fully saturated rings. The van der Waals surface area contributed by atoms with E-state index in [4.69, 9.17) is 4.74 Å². The summed E-state index contributed by atoms with van der Waals surface area (Å²) < 4.78 is 5.21. The van der Waals surface area contributed by atoms with Crippen molar-refractivity contribution < 1.29 is 9.66 Å². The summed E-state index contributed by atoms with van der Waals surface area (Å²) in [5.41, 5.74) is 1.81. The predicted octanol–water partition coefficient (Wildman–Crippen LogP) is 5.46. The van der Waals surface area contributed by atoms with Crippen LogP contribution in [-0.2, 0) is 0 Å². The number of nitrogens with zero attached hydrogens (tertiary/aromatic N) is 1. The predicted molar refractivity (Wildman–Crippen MR) is 108 cm³/mol. The average molecular weight is 368 g/mol. The van der Waals surface area contributed by atoms with Gasteiger partial charge >= 0.3 is 0 Å². The summed E-state index contributed by atoms with van der Waals surface area (Å²) in [5.74, 6) is 1.21. The van der Waals surface area contributed by atoms with Crippen molar-refractivity contribution in [1.29, 1.82) is 0 Å². The van der Waals surface area contributed by atoms with Gasteiger partial charge in [0, 0.05) is 17.0 Å². The SMILES string of the molecule is COc1ccc(N[C@@H](c2ccccc2)[C@@H](CC2CCCCC2)[N+](=O)[O-])cc1. The lowest BCUT2D eigenvalue weighted by Crippen LogP contribution is -2.35. The topological polar surface area (TPSA) is 64.4 Å². The molecule has 0 saturated heterocycles. The Balaban J connectivity index is 1.85. The first-order chi connectivity index (χ1) is 13.2. The molecule has 1 aliphatic carbocycles. The Kier molecular flexibility index (Phi) is 6.69. The molecule has 0 bridgehead atoms. The lowest BCUT2D eigenvalue weighted by Gasteiger charge is -2.28. The first-order valence-electron chi connectivity index (χ1n) is 9.76. The number of benzene rings is 2. The summed E-state index contributed by atoms with van der Waals surface area (Å²) >= 11 is 0. The summed E-state index contributed by atoms with van der Waals surface area (Å²) in [6.07, 6.45) is 6.47. The van der Waals surface area contributed by atoms with Gasteiger partial charge in [0.2, 0.25) is 6.04 Å². The molecule has 27 heavy (non-hydrogen) atoms. The smallest absolute Gasteiger partial charge is 0.237 e. The van der Waals surface area contributed by atoms with Gasteiger partial charge in [0.25, 0.3) is 0 Å². The van der Waals surface area contributed by atoms with Crippen molar-refractivity contribution in [2.24, 2.45) is 5.92 Å². The summed E-state index contributed by atoms with van der Waals surface area (Å²) in [5, 5.41) is 15.4. The summed E-state index contributed by atoms with van der Waals surface area (Å²) in [7, 11) is 1.63. The van der Waals surface area contributed by atoms with Gasteiger partial charge in [-0.2, -0.15) is 0 Å².